The van der Waals surface area contributed by atoms with Crippen molar-refractivity contribution in [2.75, 3.05) is 57.9 Å². The zero-order valence-corrected chi connectivity index (χ0v) is 19.1. The molecule has 9 heteroatoms. The molecule has 1 amide bonds. The Bertz CT molecular complexity index is 754. The minimum Gasteiger partial charge on any atom is -0.379 e. The van der Waals surface area contributed by atoms with Crippen LogP contribution in [0.15, 0.2) is 23.3 Å². The molecule has 2 fully saturated rings. The van der Waals surface area contributed by atoms with Crippen molar-refractivity contribution < 1.29 is 9.53 Å². The van der Waals surface area contributed by atoms with Crippen molar-refractivity contribution in [2.45, 2.75) is 38.8 Å². The van der Waals surface area contributed by atoms with Gasteiger partial charge in [0.25, 0.3) is 0 Å². The molecule has 3 heterocycles. The molecule has 3 rings (SSSR count). The van der Waals surface area contributed by atoms with Crippen molar-refractivity contribution in [3.63, 3.8) is 0 Å². The predicted octanol–water partition coefficient (Wildman–Crippen LogP) is 0.559. The van der Waals surface area contributed by atoms with Crippen LogP contribution >= 0.6 is 0 Å². The summed E-state index contributed by atoms with van der Waals surface area (Å²) in [4.78, 5) is 25.2. The second-order valence-corrected chi connectivity index (χ2v) is 8.84. The van der Waals surface area contributed by atoms with Crippen molar-refractivity contribution in [1.29, 1.82) is 0 Å². The van der Waals surface area contributed by atoms with E-state index in [1.165, 1.54) is 0 Å². The Kier molecular flexibility index (Phi) is 8.09. The van der Waals surface area contributed by atoms with Crippen LogP contribution in [0.5, 0.6) is 0 Å². The summed E-state index contributed by atoms with van der Waals surface area (Å²) in [5.74, 6) is 1.50. The highest BCUT2D eigenvalue weighted by Crippen LogP contribution is 2.24. The summed E-state index contributed by atoms with van der Waals surface area (Å²) in [5, 5.41) is 6.89. The maximum Gasteiger partial charge on any atom is 0.220 e. The molecular formula is C22H37N7O2. The summed E-state index contributed by atoms with van der Waals surface area (Å²) >= 11 is 0. The first-order valence-electron chi connectivity index (χ1n) is 11.2. The lowest BCUT2D eigenvalue weighted by Crippen LogP contribution is -2.56. The van der Waals surface area contributed by atoms with Crippen LogP contribution in [0.2, 0.25) is 0 Å². The standard InChI is InChI=1S/C22H37N7O2/c1-22(2,29-11-13-31-14-12-29)16-27-21(24-3)26-15-18-5-4-8-25-20(18)28-9-6-17(7-10-28)19(23)30/h4-5,8,17H,6-7,9-16H2,1-3H3,(H2,23,30)(H2,24,26,27). The van der Waals surface area contributed by atoms with Gasteiger partial charge in [-0.2, -0.15) is 0 Å². The van der Waals surface area contributed by atoms with E-state index >= 15 is 0 Å². The van der Waals surface area contributed by atoms with Crippen molar-refractivity contribution in [3.8, 4) is 0 Å². The number of carbonyl (C=O) groups excluding carboxylic acids is 1. The number of pyridine rings is 1. The number of hydrogen-bond donors (Lipinski definition) is 3. The number of anilines is 1. The second kappa shape index (κ2) is 10.8. The molecule has 0 unspecified atom stereocenters. The van der Waals surface area contributed by atoms with Gasteiger partial charge in [-0.3, -0.25) is 14.7 Å². The zero-order chi connectivity index (χ0) is 22.3. The fourth-order valence-electron chi connectivity index (χ4n) is 4.21. The summed E-state index contributed by atoms with van der Waals surface area (Å²) in [6.45, 7) is 11.0. The molecule has 0 aliphatic carbocycles. The minimum absolute atomic E-state index is 0.00559. The molecular weight excluding hydrogens is 394 g/mol. The molecule has 31 heavy (non-hydrogen) atoms. The number of primary amides is 1. The number of nitrogens with two attached hydrogens (primary N) is 1. The topological polar surface area (TPSA) is 108 Å². The number of nitrogens with one attached hydrogen (secondary N) is 2. The summed E-state index contributed by atoms with van der Waals surface area (Å²) in [7, 11) is 1.79. The molecule has 0 bridgehead atoms. The normalized spacial score (nSPS) is 19.3. The summed E-state index contributed by atoms with van der Waals surface area (Å²) in [6, 6.07) is 4.04. The van der Waals surface area contributed by atoms with Gasteiger partial charge in [-0.25, -0.2) is 4.98 Å². The molecule has 1 aromatic rings. The second-order valence-electron chi connectivity index (χ2n) is 8.84. The van der Waals surface area contributed by atoms with Gasteiger partial charge >= 0.3 is 0 Å². The fourth-order valence-corrected chi connectivity index (χ4v) is 4.21. The number of carbonyl (C=O) groups is 1. The highest BCUT2D eigenvalue weighted by molar-refractivity contribution is 5.80. The molecule has 0 aromatic carbocycles. The minimum atomic E-state index is -0.197. The number of aromatic nitrogens is 1. The Labute approximate surface area is 185 Å². The third-order valence-electron chi connectivity index (χ3n) is 6.29. The first-order valence-corrected chi connectivity index (χ1v) is 11.2. The molecule has 172 valence electrons. The number of morpholine rings is 1. The zero-order valence-electron chi connectivity index (χ0n) is 19.1. The lowest BCUT2D eigenvalue weighted by molar-refractivity contribution is -0.122. The molecule has 2 aliphatic rings. The maximum absolute atomic E-state index is 11.5. The highest BCUT2D eigenvalue weighted by atomic mass is 16.5. The Morgan fingerprint density at radius 3 is 2.61 bits per heavy atom. The van der Waals surface area contributed by atoms with Crippen LogP contribution in [0.1, 0.15) is 32.3 Å². The van der Waals surface area contributed by atoms with E-state index in [0.29, 0.717) is 6.54 Å². The number of hydrogen-bond acceptors (Lipinski definition) is 6. The van der Waals surface area contributed by atoms with E-state index in [2.05, 4.69) is 50.3 Å². The molecule has 0 saturated carbocycles. The van der Waals surface area contributed by atoms with Crippen LogP contribution in [0, 0.1) is 5.92 Å². The number of nitrogens with zero attached hydrogens (tertiary/aromatic N) is 4. The van der Waals surface area contributed by atoms with Gasteiger partial charge in [-0.05, 0) is 32.8 Å². The maximum atomic E-state index is 11.5. The smallest absolute Gasteiger partial charge is 0.220 e. The lowest BCUT2D eigenvalue weighted by Gasteiger charge is -2.41. The quantitative estimate of drug-likeness (QED) is 0.428. The largest absolute Gasteiger partial charge is 0.379 e. The number of guanidine groups is 1. The number of aliphatic imine (C=N–C) groups is 1. The number of rotatable bonds is 7. The highest BCUT2D eigenvalue weighted by Gasteiger charge is 2.28. The number of piperidine rings is 1. The Morgan fingerprint density at radius 2 is 1.97 bits per heavy atom. The average molecular weight is 432 g/mol. The van der Waals surface area contributed by atoms with Crippen LogP contribution < -0.4 is 21.3 Å². The van der Waals surface area contributed by atoms with Crippen molar-refractivity contribution in [3.05, 3.63) is 23.9 Å². The van der Waals surface area contributed by atoms with E-state index in [1.54, 1.807) is 7.05 Å². The van der Waals surface area contributed by atoms with Gasteiger partial charge < -0.3 is 26.0 Å². The van der Waals surface area contributed by atoms with Crippen LogP contribution in [-0.2, 0) is 16.1 Å². The van der Waals surface area contributed by atoms with Crippen LogP contribution in [-0.4, -0.2) is 80.3 Å². The van der Waals surface area contributed by atoms with E-state index in [1.807, 2.05) is 12.3 Å². The summed E-state index contributed by atoms with van der Waals surface area (Å²) in [5.41, 5.74) is 6.58. The van der Waals surface area contributed by atoms with Crippen molar-refractivity contribution in [2.24, 2.45) is 16.6 Å². The van der Waals surface area contributed by atoms with Crippen molar-refractivity contribution in [1.82, 2.24) is 20.5 Å². The predicted molar refractivity (Wildman–Crippen MR) is 123 cm³/mol. The van der Waals surface area contributed by atoms with Gasteiger partial charge in [0, 0.05) is 69.5 Å². The molecule has 2 saturated heterocycles. The third kappa shape index (κ3) is 6.30. The first-order chi connectivity index (χ1) is 14.9. The molecule has 0 spiro atoms. The summed E-state index contributed by atoms with van der Waals surface area (Å²) < 4.78 is 5.48. The van der Waals surface area contributed by atoms with Crippen LogP contribution in [0.25, 0.3) is 0 Å². The Hall–Kier alpha value is -2.39. The van der Waals surface area contributed by atoms with E-state index < -0.39 is 0 Å². The first kappa shape index (κ1) is 23.3. The van der Waals surface area contributed by atoms with Gasteiger partial charge in [0.2, 0.25) is 5.91 Å². The van der Waals surface area contributed by atoms with Crippen LogP contribution in [0.4, 0.5) is 5.82 Å². The van der Waals surface area contributed by atoms with E-state index in [9.17, 15) is 4.79 Å². The molecule has 0 atom stereocenters. The number of amides is 1. The third-order valence-corrected chi connectivity index (χ3v) is 6.29. The molecule has 1 aromatic heterocycles. The van der Waals surface area contributed by atoms with E-state index in [0.717, 1.165) is 76.1 Å². The Balaban J connectivity index is 1.54. The lowest BCUT2D eigenvalue weighted by atomic mass is 9.96. The SMILES string of the molecule is CN=C(NCc1cccnc1N1CCC(C(N)=O)CC1)NCC(C)(C)N1CCOCC1. The monoisotopic (exact) mass is 431 g/mol. The average Bonchev–Trinajstić information content (AvgIpc) is 2.80. The molecule has 4 N–H and O–H groups in total. The summed E-state index contributed by atoms with van der Waals surface area (Å²) in [6.07, 6.45) is 3.37. The van der Waals surface area contributed by atoms with E-state index in [-0.39, 0.29) is 17.4 Å². The van der Waals surface area contributed by atoms with Gasteiger partial charge in [0.15, 0.2) is 5.96 Å². The van der Waals surface area contributed by atoms with Crippen molar-refractivity contribution >= 4 is 17.7 Å². The van der Waals surface area contributed by atoms with Crippen LogP contribution in [0.3, 0.4) is 0 Å². The molecule has 0 radical (unpaired) electrons. The molecule has 2 aliphatic heterocycles. The fraction of sp³-hybridized carbons (Fsp3) is 0.682. The van der Waals surface area contributed by atoms with E-state index in [4.69, 9.17) is 10.5 Å². The Morgan fingerprint density at radius 1 is 1.26 bits per heavy atom. The van der Waals surface area contributed by atoms with Gasteiger partial charge in [0.05, 0.1) is 13.2 Å². The van der Waals surface area contributed by atoms with Gasteiger partial charge in [-0.1, -0.05) is 6.07 Å². The van der Waals surface area contributed by atoms with Gasteiger partial charge in [0.1, 0.15) is 5.82 Å². The number of ether oxygens (including phenoxy) is 1. The van der Waals surface area contributed by atoms with Gasteiger partial charge in [-0.15, -0.1) is 0 Å². The molecule has 9 nitrogen and oxygen atoms in total.